The third-order valence-electron chi connectivity index (χ3n) is 2.06. The van der Waals surface area contributed by atoms with Crippen LogP contribution in [0.3, 0.4) is 0 Å². The quantitative estimate of drug-likeness (QED) is 0.349. The molecule has 1 rings (SSSR count). The number of hydrogen-bond donors (Lipinski definition) is 2. The van der Waals surface area contributed by atoms with E-state index in [1.165, 1.54) is 5.01 Å². The Morgan fingerprint density at radius 2 is 2.25 bits per heavy atom. The number of nitrogens with two attached hydrogens (primary N) is 2. The van der Waals surface area contributed by atoms with Gasteiger partial charge in [-0.25, -0.2) is 5.84 Å². The molecule has 0 fully saturated rings. The van der Waals surface area contributed by atoms with Crippen LogP contribution in [0.5, 0.6) is 5.75 Å². The topological polar surface area (TPSA) is 76.9 Å². The van der Waals surface area contributed by atoms with Gasteiger partial charge in [0.1, 0.15) is 5.75 Å². The molecule has 1 aromatic carbocycles. The van der Waals surface area contributed by atoms with Crippen molar-refractivity contribution in [1.82, 2.24) is 0 Å². The highest BCUT2D eigenvalue weighted by molar-refractivity contribution is 5.64. The molecule has 1 aromatic rings. The van der Waals surface area contributed by atoms with Crippen molar-refractivity contribution in [3.8, 4) is 5.75 Å². The van der Waals surface area contributed by atoms with Crippen LogP contribution in [0.4, 0.5) is 11.4 Å². The molecule has 16 heavy (non-hydrogen) atoms. The summed E-state index contributed by atoms with van der Waals surface area (Å²) < 4.78 is 5.19. The second-order valence-corrected chi connectivity index (χ2v) is 3.27. The number of nitrogen functional groups attached to an aromatic ring is 1. The Labute approximate surface area is 95.0 Å². The third kappa shape index (κ3) is 2.74. The average molecular weight is 220 g/mol. The molecular formula is C11H16N4O. The molecule has 0 aliphatic rings. The number of allylic oxidation sites excluding steroid dienone is 1. The first kappa shape index (κ1) is 12.1. The Hall–Kier alpha value is -2.01. The molecule has 0 aromatic heterocycles. The van der Waals surface area contributed by atoms with E-state index in [0.717, 1.165) is 0 Å². The van der Waals surface area contributed by atoms with Gasteiger partial charge in [-0.15, -0.1) is 0 Å². The van der Waals surface area contributed by atoms with Crippen LogP contribution in [0, 0.1) is 0 Å². The highest BCUT2D eigenvalue weighted by Crippen LogP contribution is 2.29. The number of rotatable bonds is 4. The maximum Gasteiger partial charge on any atom is 0.146 e. The first-order chi connectivity index (χ1) is 7.58. The number of methoxy groups -OCH3 is 1. The highest BCUT2D eigenvalue weighted by atomic mass is 16.5. The smallest absolute Gasteiger partial charge is 0.146 e. The van der Waals surface area contributed by atoms with E-state index in [-0.39, 0.29) is 0 Å². The molecule has 0 amide bonds. The monoisotopic (exact) mass is 220 g/mol. The molecule has 4 N–H and O–H groups in total. The molecule has 0 aliphatic heterocycles. The van der Waals surface area contributed by atoms with Crippen LogP contribution in [0.25, 0.3) is 0 Å². The molecule has 5 heteroatoms. The molecule has 0 spiro atoms. The zero-order valence-corrected chi connectivity index (χ0v) is 9.47. The van der Waals surface area contributed by atoms with Gasteiger partial charge in [0.05, 0.1) is 18.5 Å². The summed E-state index contributed by atoms with van der Waals surface area (Å²) in [6.07, 6.45) is 1.65. The van der Waals surface area contributed by atoms with Crippen molar-refractivity contribution < 1.29 is 4.74 Å². The summed E-state index contributed by atoms with van der Waals surface area (Å²) in [5.41, 5.74) is 7.69. The zero-order valence-electron chi connectivity index (χ0n) is 9.47. The van der Waals surface area contributed by atoms with Crippen LogP contribution in [0.15, 0.2) is 35.1 Å². The van der Waals surface area contributed by atoms with Gasteiger partial charge in [-0.1, -0.05) is 0 Å². The van der Waals surface area contributed by atoms with E-state index in [0.29, 0.717) is 22.8 Å². The van der Waals surface area contributed by atoms with E-state index in [1.807, 2.05) is 0 Å². The van der Waals surface area contributed by atoms with Crippen LogP contribution < -0.4 is 21.3 Å². The molecule has 0 aliphatic carbocycles. The number of anilines is 2. The van der Waals surface area contributed by atoms with Crippen molar-refractivity contribution in [3.05, 3.63) is 30.1 Å². The molecular weight excluding hydrogens is 204 g/mol. The fraction of sp³-hybridized carbons (Fsp3) is 0.182. The van der Waals surface area contributed by atoms with E-state index < -0.39 is 0 Å². The van der Waals surface area contributed by atoms with Crippen molar-refractivity contribution in [1.29, 1.82) is 0 Å². The van der Waals surface area contributed by atoms with Crippen molar-refractivity contribution >= 4 is 18.1 Å². The molecule has 0 atom stereocenters. The number of hydrazine groups is 1. The average Bonchev–Trinajstić information content (AvgIpc) is 2.28. The molecule has 0 bridgehead atoms. The van der Waals surface area contributed by atoms with Gasteiger partial charge in [-0.05, 0) is 25.8 Å². The summed E-state index contributed by atoms with van der Waals surface area (Å²) in [6, 6.07) is 5.24. The van der Waals surface area contributed by atoms with Gasteiger partial charge in [0.25, 0.3) is 0 Å². The summed E-state index contributed by atoms with van der Waals surface area (Å²) in [5.74, 6) is 6.45. The summed E-state index contributed by atoms with van der Waals surface area (Å²) >= 11 is 0. The van der Waals surface area contributed by atoms with E-state index in [1.54, 1.807) is 38.4 Å². The van der Waals surface area contributed by atoms with Crippen LogP contribution in [-0.2, 0) is 0 Å². The van der Waals surface area contributed by atoms with Gasteiger partial charge in [0.2, 0.25) is 0 Å². The minimum atomic E-state index is 0.607. The number of aliphatic imine (C=N–C) groups is 1. The standard InChI is InChI=1S/C11H16N4O/c1-8(14-2)7-15(13)10-5-4-9(12)6-11(10)16-3/h4-7H,2,12-13H2,1,3H3/b8-7-. The Bertz CT molecular complexity index is 414. The second-order valence-electron chi connectivity index (χ2n) is 3.27. The Morgan fingerprint density at radius 1 is 1.56 bits per heavy atom. The first-order valence-electron chi connectivity index (χ1n) is 4.71. The highest BCUT2D eigenvalue weighted by Gasteiger charge is 2.07. The first-order valence-corrected chi connectivity index (χ1v) is 4.71. The largest absolute Gasteiger partial charge is 0.494 e. The minimum Gasteiger partial charge on any atom is -0.494 e. The lowest BCUT2D eigenvalue weighted by Crippen LogP contribution is -2.25. The minimum absolute atomic E-state index is 0.607. The van der Waals surface area contributed by atoms with Crippen molar-refractivity contribution in [2.75, 3.05) is 17.9 Å². The number of benzene rings is 1. The van der Waals surface area contributed by atoms with Gasteiger partial charge in [0.15, 0.2) is 0 Å². The van der Waals surface area contributed by atoms with Gasteiger partial charge in [0, 0.05) is 18.0 Å². The summed E-state index contributed by atoms with van der Waals surface area (Å²) in [4.78, 5) is 3.75. The van der Waals surface area contributed by atoms with Crippen molar-refractivity contribution in [2.24, 2.45) is 10.8 Å². The molecule has 0 radical (unpaired) electrons. The van der Waals surface area contributed by atoms with E-state index in [9.17, 15) is 0 Å². The van der Waals surface area contributed by atoms with Crippen LogP contribution in [0.1, 0.15) is 6.92 Å². The van der Waals surface area contributed by atoms with Crippen molar-refractivity contribution in [3.63, 3.8) is 0 Å². The van der Waals surface area contributed by atoms with Crippen LogP contribution in [0.2, 0.25) is 0 Å². The van der Waals surface area contributed by atoms with Gasteiger partial charge in [-0.3, -0.25) is 10.0 Å². The van der Waals surface area contributed by atoms with Crippen molar-refractivity contribution in [2.45, 2.75) is 6.92 Å². The molecule has 0 heterocycles. The number of nitrogens with zero attached hydrogens (tertiary/aromatic N) is 2. The second kappa shape index (κ2) is 5.18. The van der Waals surface area contributed by atoms with Gasteiger partial charge >= 0.3 is 0 Å². The third-order valence-corrected chi connectivity index (χ3v) is 2.06. The van der Waals surface area contributed by atoms with E-state index in [4.69, 9.17) is 16.3 Å². The Balaban J connectivity index is 3.08. The fourth-order valence-corrected chi connectivity index (χ4v) is 1.22. The molecule has 0 saturated heterocycles. The predicted molar refractivity (Wildman–Crippen MR) is 67.4 cm³/mol. The molecule has 0 saturated carbocycles. The Kier molecular flexibility index (Phi) is 3.90. The fourth-order valence-electron chi connectivity index (χ4n) is 1.22. The summed E-state index contributed by atoms with van der Waals surface area (Å²) in [5, 5.41) is 1.42. The number of ether oxygens (including phenoxy) is 1. The number of hydrogen-bond acceptors (Lipinski definition) is 5. The maximum absolute atomic E-state index is 5.85. The summed E-state index contributed by atoms with van der Waals surface area (Å²) in [7, 11) is 1.56. The normalized spacial score (nSPS) is 11.1. The zero-order chi connectivity index (χ0) is 12.1. The predicted octanol–water partition coefficient (Wildman–Crippen LogP) is 1.52. The maximum atomic E-state index is 5.85. The SMILES string of the molecule is C=N/C(C)=C\N(N)c1ccc(N)cc1OC. The van der Waals surface area contributed by atoms with Gasteiger partial charge < -0.3 is 10.5 Å². The molecule has 0 unspecified atom stereocenters. The van der Waals surface area contributed by atoms with E-state index in [2.05, 4.69) is 11.7 Å². The lowest BCUT2D eigenvalue weighted by molar-refractivity contribution is 0.415. The molecule has 5 nitrogen and oxygen atoms in total. The van der Waals surface area contributed by atoms with Crippen LogP contribution in [-0.4, -0.2) is 13.8 Å². The van der Waals surface area contributed by atoms with Gasteiger partial charge in [-0.2, -0.15) is 0 Å². The molecule has 86 valence electrons. The lowest BCUT2D eigenvalue weighted by Gasteiger charge is -2.17. The summed E-state index contributed by atoms with van der Waals surface area (Å²) in [6.45, 7) is 5.21. The van der Waals surface area contributed by atoms with Crippen LogP contribution >= 0.6 is 0 Å². The van der Waals surface area contributed by atoms with E-state index >= 15 is 0 Å². The Morgan fingerprint density at radius 3 is 2.81 bits per heavy atom. The lowest BCUT2D eigenvalue weighted by atomic mass is 10.2.